The van der Waals surface area contributed by atoms with Crippen LogP contribution in [0.25, 0.3) is 5.52 Å². The lowest BCUT2D eigenvalue weighted by Gasteiger charge is -2.18. The van der Waals surface area contributed by atoms with Crippen molar-refractivity contribution in [2.75, 3.05) is 6.61 Å². The third kappa shape index (κ3) is 2.33. The molecule has 1 amide bonds. The van der Waals surface area contributed by atoms with E-state index in [9.17, 15) is 4.79 Å². The molecule has 2 N–H and O–H groups in total. The number of hydrogen-bond donors (Lipinski definition) is 2. The van der Waals surface area contributed by atoms with Crippen LogP contribution in [-0.2, 0) is 0 Å². The fourth-order valence-electron chi connectivity index (χ4n) is 1.59. The van der Waals surface area contributed by atoms with Crippen molar-refractivity contribution in [3.05, 3.63) is 30.4 Å². The summed E-state index contributed by atoms with van der Waals surface area (Å²) in [7, 11) is 0. The number of aliphatic hydroxyl groups is 1. The number of hydrogen-bond acceptors (Lipinski definition) is 4. The molecule has 96 valence electrons. The van der Waals surface area contributed by atoms with Crippen LogP contribution in [0.15, 0.2) is 24.8 Å². The quantitative estimate of drug-likeness (QED) is 0.824. The Morgan fingerprint density at radius 1 is 1.50 bits per heavy atom. The van der Waals surface area contributed by atoms with Crippen LogP contribution in [0, 0.1) is 5.92 Å². The largest absolute Gasteiger partial charge is 0.396 e. The summed E-state index contributed by atoms with van der Waals surface area (Å²) in [5.74, 6) is -0.195. The van der Waals surface area contributed by atoms with E-state index < -0.39 is 0 Å². The van der Waals surface area contributed by atoms with Gasteiger partial charge in [0, 0.05) is 25.0 Å². The second kappa shape index (κ2) is 5.14. The van der Waals surface area contributed by atoms with Gasteiger partial charge in [-0.3, -0.25) is 9.78 Å². The first-order valence-corrected chi connectivity index (χ1v) is 5.82. The average molecular weight is 248 g/mol. The molecule has 0 aromatic carbocycles. The molecule has 18 heavy (non-hydrogen) atoms. The van der Waals surface area contributed by atoms with Gasteiger partial charge < -0.3 is 10.4 Å². The fourth-order valence-corrected chi connectivity index (χ4v) is 1.59. The van der Waals surface area contributed by atoms with E-state index in [2.05, 4.69) is 15.4 Å². The smallest absolute Gasteiger partial charge is 0.255 e. The van der Waals surface area contributed by atoms with Crippen molar-refractivity contribution in [1.29, 1.82) is 0 Å². The summed E-state index contributed by atoms with van der Waals surface area (Å²) < 4.78 is 1.60. The van der Waals surface area contributed by atoms with Gasteiger partial charge in [0.05, 0.1) is 23.5 Å². The molecule has 2 aromatic rings. The Balaban J connectivity index is 2.19. The predicted octanol–water partition coefficient (Wildman–Crippen LogP) is 0.476. The van der Waals surface area contributed by atoms with Crippen molar-refractivity contribution < 1.29 is 9.90 Å². The van der Waals surface area contributed by atoms with Crippen molar-refractivity contribution in [1.82, 2.24) is 19.9 Å². The maximum atomic E-state index is 12.1. The number of nitrogens with one attached hydrogen (secondary N) is 1. The number of rotatable bonds is 4. The molecule has 0 saturated carbocycles. The Kier molecular flexibility index (Phi) is 3.57. The molecule has 2 unspecified atom stereocenters. The van der Waals surface area contributed by atoms with Crippen molar-refractivity contribution in [2.45, 2.75) is 19.9 Å². The molecule has 0 saturated heterocycles. The first-order valence-electron chi connectivity index (χ1n) is 5.82. The van der Waals surface area contributed by atoms with Crippen LogP contribution in [-0.4, -0.2) is 38.3 Å². The topological polar surface area (TPSA) is 79.5 Å². The van der Waals surface area contributed by atoms with Gasteiger partial charge in [-0.2, -0.15) is 5.10 Å². The SMILES string of the molecule is CC(CO)C(C)NC(=O)c1cnn2ccncc12. The van der Waals surface area contributed by atoms with E-state index in [4.69, 9.17) is 5.11 Å². The molecule has 0 radical (unpaired) electrons. The average Bonchev–Trinajstić information content (AvgIpc) is 2.81. The zero-order valence-electron chi connectivity index (χ0n) is 10.4. The molecule has 2 rings (SSSR count). The van der Waals surface area contributed by atoms with Crippen LogP contribution in [0.3, 0.4) is 0 Å². The van der Waals surface area contributed by atoms with Crippen molar-refractivity contribution in [3.63, 3.8) is 0 Å². The standard InChI is InChI=1S/C12H16N4O2/c1-8(7-17)9(2)15-12(18)10-5-14-16-4-3-13-6-11(10)16/h3-6,8-9,17H,7H2,1-2H3,(H,15,18). The molecule has 0 aliphatic rings. The van der Waals surface area contributed by atoms with Crippen LogP contribution >= 0.6 is 0 Å². The maximum Gasteiger partial charge on any atom is 0.255 e. The number of carbonyl (C=O) groups excluding carboxylic acids is 1. The van der Waals surface area contributed by atoms with Gasteiger partial charge >= 0.3 is 0 Å². The summed E-state index contributed by atoms with van der Waals surface area (Å²) in [4.78, 5) is 16.1. The number of nitrogens with zero attached hydrogens (tertiary/aromatic N) is 3. The Morgan fingerprint density at radius 3 is 3.00 bits per heavy atom. The first kappa shape index (κ1) is 12.5. The van der Waals surface area contributed by atoms with Gasteiger partial charge in [0.1, 0.15) is 0 Å². The van der Waals surface area contributed by atoms with E-state index in [0.29, 0.717) is 11.1 Å². The second-order valence-corrected chi connectivity index (χ2v) is 4.39. The molecule has 2 atom stereocenters. The molecule has 6 heteroatoms. The van der Waals surface area contributed by atoms with Crippen LogP contribution in [0.4, 0.5) is 0 Å². The zero-order valence-corrected chi connectivity index (χ0v) is 10.4. The van der Waals surface area contributed by atoms with Crippen molar-refractivity contribution in [2.24, 2.45) is 5.92 Å². The van der Waals surface area contributed by atoms with Crippen LogP contribution < -0.4 is 5.32 Å². The monoisotopic (exact) mass is 248 g/mol. The summed E-state index contributed by atoms with van der Waals surface area (Å²) in [6.07, 6.45) is 6.41. The Labute approximate surface area is 105 Å². The maximum absolute atomic E-state index is 12.1. The molecule has 0 bridgehead atoms. The molecule has 0 spiro atoms. The first-order chi connectivity index (χ1) is 8.63. The minimum atomic E-state index is -0.203. The van der Waals surface area contributed by atoms with Crippen molar-refractivity contribution in [3.8, 4) is 0 Å². The van der Waals surface area contributed by atoms with E-state index in [1.165, 1.54) is 6.20 Å². The van der Waals surface area contributed by atoms with Crippen LogP contribution in [0.5, 0.6) is 0 Å². The highest BCUT2D eigenvalue weighted by Crippen LogP contribution is 2.10. The Bertz CT molecular complexity index is 552. The number of aromatic nitrogens is 3. The predicted molar refractivity (Wildman–Crippen MR) is 66.2 cm³/mol. The number of aliphatic hydroxyl groups excluding tert-OH is 1. The van der Waals surface area contributed by atoms with Gasteiger partial charge in [-0.15, -0.1) is 0 Å². The van der Waals surface area contributed by atoms with E-state index in [1.807, 2.05) is 13.8 Å². The van der Waals surface area contributed by atoms with E-state index in [1.54, 1.807) is 23.1 Å². The lowest BCUT2D eigenvalue weighted by Crippen LogP contribution is -2.38. The lowest BCUT2D eigenvalue weighted by atomic mass is 10.0. The molecule has 0 aliphatic heterocycles. The Morgan fingerprint density at radius 2 is 2.28 bits per heavy atom. The summed E-state index contributed by atoms with van der Waals surface area (Å²) in [6.45, 7) is 3.78. The summed E-state index contributed by atoms with van der Waals surface area (Å²) >= 11 is 0. The molecule has 2 aromatic heterocycles. The normalized spacial score (nSPS) is 14.4. The molecule has 6 nitrogen and oxygen atoms in total. The molecule has 2 heterocycles. The van der Waals surface area contributed by atoms with Crippen molar-refractivity contribution >= 4 is 11.4 Å². The highest BCUT2D eigenvalue weighted by atomic mass is 16.3. The van der Waals surface area contributed by atoms with Gasteiger partial charge in [-0.25, -0.2) is 4.52 Å². The fraction of sp³-hybridized carbons (Fsp3) is 0.417. The molecular formula is C12H16N4O2. The minimum absolute atomic E-state index is 0.00825. The zero-order chi connectivity index (χ0) is 13.1. The van der Waals surface area contributed by atoms with E-state index in [0.717, 1.165) is 0 Å². The van der Waals surface area contributed by atoms with E-state index in [-0.39, 0.29) is 24.5 Å². The number of amides is 1. The van der Waals surface area contributed by atoms with Gasteiger partial charge in [-0.1, -0.05) is 6.92 Å². The van der Waals surface area contributed by atoms with Crippen LogP contribution in [0.1, 0.15) is 24.2 Å². The van der Waals surface area contributed by atoms with Gasteiger partial charge in [0.15, 0.2) is 0 Å². The van der Waals surface area contributed by atoms with E-state index >= 15 is 0 Å². The summed E-state index contributed by atoms with van der Waals surface area (Å²) in [6, 6.07) is -0.103. The molecular weight excluding hydrogens is 232 g/mol. The second-order valence-electron chi connectivity index (χ2n) is 4.39. The van der Waals surface area contributed by atoms with Gasteiger partial charge in [0.2, 0.25) is 0 Å². The number of carbonyl (C=O) groups is 1. The molecule has 0 aliphatic carbocycles. The molecule has 0 fully saturated rings. The highest BCUT2D eigenvalue weighted by Gasteiger charge is 2.18. The minimum Gasteiger partial charge on any atom is -0.396 e. The number of fused-ring (bicyclic) bond motifs is 1. The Hall–Kier alpha value is -1.95. The lowest BCUT2D eigenvalue weighted by molar-refractivity contribution is 0.0918. The third-order valence-electron chi connectivity index (χ3n) is 3.07. The summed E-state index contributed by atoms with van der Waals surface area (Å²) in [5.41, 5.74) is 1.15. The van der Waals surface area contributed by atoms with Crippen LogP contribution in [0.2, 0.25) is 0 Å². The summed E-state index contributed by atoms with van der Waals surface area (Å²) in [5, 5.41) is 16.0. The highest BCUT2D eigenvalue weighted by molar-refractivity contribution is 6.00. The van der Waals surface area contributed by atoms with Gasteiger partial charge in [0.25, 0.3) is 5.91 Å². The third-order valence-corrected chi connectivity index (χ3v) is 3.07. The van der Waals surface area contributed by atoms with Gasteiger partial charge in [-0.05, 0) is 12.8 Å².